The molecule has 4 nitrogen and oxygen atoms in total. The number of ether oxygens (including phenoxy) is 1. The van der Waals surface area contributed by atoms with Gasteiger partial charge in [-0.3, -0.25) is 4.79 Å². The molecule has 0 bridgehead atoms. The lowest BCUT2D eigenvalue weighted by Gasteiger charge is -2.08. The van der Waals surface area contributed by atoms with Crippen molar-refractivity contribution in [1.29, 1.82) is 0 Å². The summed E-state index contributed by atoms with van der Waals surface area (Å²) in [4.78, 5) is 22.8. The van der Waals surface area contributed by atoms with Crippen molar-refractivity contribution in [3.05, 3.63) is 41.5 Å². The summed E-state index contributed by atoms with van der Waals surface area (Å²) in [5, 5.41) is 2.84. The molecule has 1 aromatic rings. The Kier molecular flexibility index (Phi) is 5.79. The highest BCUT2D eigenvalue weighted by atomic mass is 16.5. The fourth-order valence-corrected chi connectivity index (χ4v) is 1.41. The SMILES string of the molecule is CC[C@@H](C)NC(=O)/C=C/c1ccc(C(=O)OC)cc1. The highest BCUT2D eigenvalue weighted by Crippen LogP contribution is 2.07. The Morgan fingerprint density at radius 1 is 1.32 bits per heavy atom. The van der Waals surface area contributed by atoms with E-state index in [-0.39, 0.29) is 17.9 Å². The average molecular weight is 261 g/mol. The predicted octanol–water partition coefficient (Wildman–Crippen LogP) is 2.40. The maximum absolute atomic E-state index is 11.5. The molecule has 0 aliphatic rings. The second-order valence-corrected chi connectivity index (χ2v) is 4.26. The Balaban J connectivity index is 2.62. The van der Waals surface area contributed by atoms with Gasteiger partial charge in [-0.25, -0.2) is 4.79 Å². The summed E-state index contributed by atoms with van der Waals surface area (Å²) >= 11 is 0. The van der Waals surface area contributed by atoms with Crippen LogP contribution in [0.15, 0.2) is 30.3 Å². The van der Waals surface area contributed by atoms with E-state index >= 15 is 0 Å². The Morgan fingerprint density at radius 3 is 2.47 bits per heavy atom. The zero-order chi connectivity index (χ0) is 14.3. The first-order valence-corrected chi connectivity index (χ1v) is 6.23. The first-order valence-electron chi connectivity index (χ1n) is 6.23. The number of benzene rings is 1. The minimum absolute atomic E-state index is 0.119. The molecule has 1 atom stereocenters. The molecule has 1 amide bonds. The van der Waals surface area contributed by atoms with E-state index in [0.717, 1.165) is 12.0 Å². The molecule has 0 heterocycles. The Morgan fingerprint density at radius 2 is 1.95 bits per heavy atom. The third-order valence-electron chi connectivity index (χ3n) is 2.76. The van der Waals surface area contributed by atoms with Crippen molar-refractivity contribution >= 4 is 18.0 Å². The van der Waals surface area contributed by atoms with Crippen LogP contribution in [0.3, 0.4) is 0 Å². The predicted molar refractivity (Wildman–Crippen MR) is 74.7 cm³/mol. The van der Waals surface area contributed by atoms with Crippen molar-refractivity contribution in [3.8, 4) is 0 Å². The van der Waals surface area contributed by atoms with E-state index < -0.39 is 0 Å². The van der Waals surface area contributed by atoms with Gasteiger partial charge in [0.15, 0.2) is 0 Å². The summed E-state index contributed by atoms with van der Waals surface area (Å²) < 4.78 is 4.61. The number of methoxy groups -OCH3 is 1. The zero-order valence-corrected chi connectivity index (χ0v) is 11.5. The molecule has 0 spiro atoms. The number of esters is 1. The summed E-state index contributed by atoms with van der Waals surface area (Å²) in [7, 11) is 1.34. The topological polar surface area (TPSA) is 55.4 Å². The summed E-state index contributed by atoms with van der Waals surface area (Å²) in [6.45, 7) is 3.97. The first-order chi connectivity index (χ1) is 9.06. The maximum Gasteiger partial charge on any atom is 0.337 e. The van der Waals surface area contributed by atoms with Crippen LogP contribution in [0.1, 0.15) is 36.2 Å². The van der Waals surface area contributed by atoms with Gasteiger partial charge in [0.05, 0.1) is 12.7 Å². The molecule has 0 aromatic heterocycles. The standard InChI is InChI=1S/C15H19NO3/c1-4-11(2)16-14(17)10-7-12-5-8-13(9-6-12)15(18)19-3/h5-11H,4H2,1-3H3,(H,16,17)/b10-7+/t11-/m1/s1. The van der Waals surface area contributed by atoms with E-state index in [2.05, 4.69) is 10.1 Å². The van der Waals surface area contributed by atoms with Crippen LogP contribution in [-0.4, -0.2) is 25.0 Å². The minimum Gasteiger partial charge on any atom is -0.465 e. The van der Waals surface area contributed by atoms with Crippen molar-refractivity contribution in [2.45, 2.75) is 26.3 Å². The largest absolute Gasteiger partial charge is 0.465 e. The number of hydrogen-bond donors (Lipinski definition) is 1. The molecule has 0 saturated heterocycles. The van der Waals surface area contributed by atoms with Gasteiger partial charge in [-0.15, -0.1) is 0 Å². The van der Waals surface area contributed by atoms with Crippen LogP contribution in [0, 0.1) is 0 Å². The van der Waals surface area contributed by atoms with Crippen LogP contribution in [0.2, 0.25) is 0 Å². The van der Waals surface area contributed by atoms with E-state index in [4.69, 9.17) is 0 Å². The van der Waals surface area contributed by atoms with Crippen LogP contribution >= 0.6 is 0 Å². The molecule has 1 rings (SSSR count). The third-order valence-corrected chi connectivity index (χ3v) is 2.76. The molecule has 19 heavy (non-hydrogen) atoms. The number of nitrogens with one attached hydrogen (secondary N) is 1. The summed E-state index contributed by atoms with van der Waals surface area (Å²) in [6.07, 6.45) is 4.09. The van der Waals surface area contributed by atoms with E-state index in [9.17, 15) is 9.59 Å². The number of hydrogen-bond acceptors (Lipinski definition) is 3. The molecule has 102 valence electrons. The van der Waals surface area contributed by atoms with Crippen LogP contribution in [0.4, 0.5) is 0 Å². The number of carbonyl (C=O) groups is 2. The Hall–Kier alpha value is -2.10. The van der Waals surface area contributed by atoms with E-state index in [1.54, 1.807) is 30.3 Å². The molecule has 4 heteroatoms. The maximum atomic E-state index is 11.5. The highest BCUT2D eigenvalue weighted by molar-refractivity contribution is 5.92. The van der Waals surface area contributed by atoms with Crippen LogP contribution in [-0.2, 0) is 9.53 Å². The molecule has 0 unspecified atom stereocenters. The van der Waals surface area contributed by atoms with Gasteiger partial charge in [0, 0.05) is 12.1 Å². The zero-order valence-electron chi connectivity index (χ0n) is 11.5. The molecule has 0 saturated carbocycles. The van der Waals surface area contributed by atoms with Gasteiger partial charge in [0.25, 0.3) is 0 Å². The van der Waals surface area contributed by atoms with Crippen molar-refractivity contribution in [3.63, 3.8) is 0 Å². The fourth-order valence-electron chi connectivity index (χ4n) is 1.41. The highest BCUT2D eigenvalue weighted by Gasteiger charge is 2.04. The van der Waals surface area contributed by atoms with Crippen molar-refractivity contribution in [2.75, 3.05) is 7.11 Å². The van der Waals surface area contributed by atoms with Gasteiger partial charge in [-0.2, -0.15) is 0 Å². The van der Waals surface area contributed by atoms with Gasteiger partial charge >= 0.3 is 5.97 Å². The summed E-state index contributed by atoms with van der Waals surface area (Å²) in [5.74, 6) is -0.489. The van der Waals surface area contributed by atoms with Gasteiger partial charge in [0.1, 0.15) is 0 Å². The smallest absolute Gasteiger partial charge is 0.337 e. The lowest BCUT2D eigenvalue weighted by atomic mass is 10.1. The quantitative estimate of drug-likeness (QED) is 0.654. The molecule has 1 aromatic carbocycles. The summed E-state index contributed by atoms with van der Waals surface area (Å²) in [6, 6.07) is 7.02. The van der Waals surface area contributed by atoms with Crippen LogP contribution in [0.5, 0.6) is 0 Å². The van der Waals surface area contributed by atoms with Gasteiger partial charge < -0.3 is 10.1 Å². The number of rotatable bonds is 5. The normalized spacial score (nSPS) is 12.2. The minimum atomic E-state index is -0.370. The van der Waals surface area contributed by atoms with Crippen molar-refractivity contribution in [2.24, 2.45) is 0 Å². The second kappa shape index (κ2) is 7.36. The van der Waals surface area contributed by atoms with Gasteiger partial charge in [-0.1, -0.05) is 19.1 Å². The van der Waals surface area contributed by atoms with Gasteiger partial charge in [-0.05, 0) is 37.1 Å². The Bertz CT molecular complexity index is 463. The molecule has 0 radical (unpaired) electrons. The van der Waals surface area contributed by atoms with E-state index in [1.165, 1.54) is 13.2 Å². The van der Waals surface area contributed by atoms with Crippen molar-refractivity contribution < 1.29 is 14.3 Å². The number of amides is 1. The van der Waals surface area contributed by atoms with Crippen molar-refractivity contribution in [1.82, 2.24) is 5.32 Å². The Labute approximate surface area is 113 Å². The average Bonchev–Trinajstić information content (AvgIpc) is 2.44. The van der Waals surface area contributed by atoms with Crippen LogP contribution in [0.25, 0.3) is 6.08 Å². The first kappa shape index (κ1) is 15.0. The molecule has 0 fully saturated rings. The third kappa shape index (κ3) is 4.95. The molecule has 1 N–H and O–H groups in total. The monoisotopic (exact) mass is 261 g/mol. The van der Waals surface area contributed by atoms with E-state index in [1.807, 2.05) is 13.8 Å². The second-order valence-electron chi connectivity index (χ2n) is 4.26. The fraction of sp³-hybridized carbons (Fsp3) is 0.333. The summed E-state index contributed by atoms with van der Waals surface area (Å²) in [5.41, 5.74) is 1.34. The molecular weight excluding hydrogens is 242 g/mol. The molecular formula is C15H19NO3. The lowest BCUT2D eigenvalue weighted by Crippen LogP contribution is -2.30. The number of carbonyl (C=O) groups excluding carboxylic acids is 2. The molecule has 0 aliphatic heterocycles. The van der Waals surface area contributed by atoms with Gasteiger partial charge in [0.2, 0.25) is 5.91 Å². The van der Waals surface area contributed by atoms with E-state index in [0.29, 0.717) is 5.56 Å². The van der Waals surface area contributed by atoms with Crippen LogP contribution < -0.4 is 5.32 Å². The molecule has 0 aliphatic carbocycles. The lowest BCUT2D eigenvalue weighted by molar-refractivity contribution is -0.117.